The first-order chi connectivity index (χ1) is 16.2. The fourth-order valence-corrected chi connectivity index (χ4v) is 5.17. The quantitative estimate of drug-likeness (QED) is 0.342. The maximum atomic E-state index is 12.6. The smallest absolute Gasteiger partial charge is 0.348 e. The van der Waals surface area contributed by atoms with E-state index in [2.05, 4.69) is 0 Å². The van der Waals surface area contributed by atoms with Crippen LogP contribution < -0.4 is 0 Å². The van der Waals surface area contributed by atoms with E-state index in [4.69, 9.17) is 18.9 Å². The number of rotatable bonds is 3. The highest BCUT2D eigenvalue weighted by molar-refractivity contribution is 6.16. The zero-order valence-electron chi connectivity index (χ0n) is 20.0. The second kappa shape index (κ2) is 9.39. The summed E-state index contributed by atoms with van der Waals surface area (Å²) in [5.41, 5.74) is 0.266. The molecular weight excluding hydrogens is 440 g/mol. The van der Waals surface area contributed by atoms with Crippen molar-refractivity contribution in [1.29, 1.82) is 0 Å². The second-order valence-electron chi connectivity index (χ2n) is 9.84. The van der Waals surface area contributed by atoms with E-state index in [1.165, 1.54) is 12.2 Å². The molecule has 0 aromatic carbocycles. The summed E-state index contributed by atoms with van der Waals surface area (Å²) >= 11 is 0. The van der Waals surface area contributed by atoms with Crippen molar-refractivity contribution < 1.29 is 38.1 Å². The van der Waals surface area contributed by atoms with Gasteiger partial charge in [-0.25, -0.2) is 19.2 Å². The molecule has 4 fully saturated rings. The molecule has 2 saturated carbocycles. The van der Waals surface area contributed by atoms with E-state index in [1.807, 2.05) is 13.8 Å². The van der Waals surface area contributed by atoms with E-state index in [1.54, 1.807) is 13.0 Å². The van der Waals surface area contributed by atoms with Gasteiger partial charge in [-0.15, -0.1) is 0 Å². The normalized spacial score (nSPS) is 34.4. The Balaban J connectivity index is 1.41. The van der Waals surface area contributed by atoms with Crippen LogP contribution in [0.15, 0.2) is 34.9 Å². The van der Waals surface area contributed by atoms with E-state index in [0.29, 0.717) is 18.4 Å². The van der Waals surface area contributed by atoms with Gasteiger partial charge in [0.25, 0.3) is 11.6 Å². The minimum absolute atomic E-state index is 0.0461. The fourth-order valence-electron chi connectivity index (χ4n) is 5.17. The Labute approximate surface area is 199 Å². The molecule has 4 aliphatic rings. The van der Waals surface area contributed by atoms with E-state index < -0.39 is 35.5 Å². The first-order valence-electron chi connectivity index (χ1n) is 12.2. The first-order valence-corrected chi connectivity index (χ1v) is 12.2. The van der Waals surface area contributed by atoms with E-state index in [-0.39, 0.29) is 29.4 Å². The number of carbonyl (C=O) groups excluding carboxylic acids is 4. The Morgan fingerprint density at radius 2 is 1.21 bits per heavy atom. The third-order valence-electron chi connectivity index (χ3n) is 7.40. The summed E-state index contributed by atoms with van der Waals surface area (Å²) in [6, 6.07) is 0. The zero-order valence-corrected chi connectivity index (χ0v) is 20.0. The van der Waals surface area contributed by atoms with Crippen LogP contribution in [0, 0.1) is 11.8 Å². The minimum Gasteiger partial charge on any atom is -0.418 e. The van der Waals surface area contributed by atoms with E-state index in [0.717, 1.165) is 38.5 Å². The molecule has 0 aromatic rings. The van der Waals surface area contributed by atoms with Gasteiger partial charge >= 0.3 is 23.9 Å². The van der Waals surface area contributed by atoms with Crippen molar-refractivity contribution in [3.05, 3.63) is 34.9 Å². The Morgan fingerprint density at radius 1 is 0.765 bits per heavy atom. The van der Waals surface area contributed by atoms with Gasteiger partial charge in [0.15, 0.2) is 0 Å². The van der Waals surface area contributed by atoms with Crippen molar-refractivity contribution in [1.82, 2.24) is 0 Å². The molecule has 34 heavy (non-hydrogen) atoms. The molecule has 2 unspecified atom stereocenters. The molecule has 0 bridgehead atoms. The van der Waals surface area contributed by atoms with Crippen molar-refractivity contribution in [3.63, 3.8) is 0 Å². The number of hydrogen-bond acceptors (Lipinski definition) is 8. The van der Waals surface area contributed by atoms with Crippen molar-refractivity contribution >= 4 is 23.9 Å². The van der Waals surface area contributed by atoms with Gasteiger partial charge in [0, 0.05) is 24.7 Å². The molecule has 2 aliphatic carbocycles. The molecule has 2 atom stereocenters. The van der Waals surface area contributed by atoms with Crippen LogP contribution in [0.1, 0.15) is 78.6 Å². The van der Waals surface area contributed by atoms with Crippen molar-refractivity contribution in [2.75, 3.05) is 0 Å². The molecule has 184 valence electrons. The highest BCUT2D eigenvalue weighted by atomic mass is 16.8. The van der Waals surface area contributed by atoms with E-state index in [9.17, 15) is 19.2 Å². The van der Waals surface area contributed by atoms with Crippen molar-refractivity contribution in [3.8, 4) is 0 Å². The van der Waals surface area contributed by atoms with Crippen LogP contribution >= 0.6 is 0 Å². The Bertz CT molecular complexity index is 945. The summed E-state index contributed by atoms with van der Waals surface area (Å²) in [5.74, 6) is -5.17. The van der Waals surface area contributed by atoms with Gasteiger partial charge in [0.1, 0.15) is 11.1 Å². The fraction of sp³-hybridized carbons (Fsp3) is 0.615. The number of hydrogen-bond donors (Lipinski definition) is 0. The van der Waals surface area contributed by atoms with Crippen molar-refractivity contribution in [2.24, 2.45) is 11.8 Å². The Hall–Kier alpha value is -2.90. The molecule has 8 heteroatoms. The molecule has 0 radical (unpaired) electrons. The summed E-state index contributed by atoms with van der Waals surface area (Å²) in [7, 11) is 0. The molecule has 4 rings (SSSR count). The second-order valence-corrected chi connectivity index (χ2v) is 9.84. The van der Waals surface area contributed by atoms with Gasteiger partial charge in [-0.3, -0.25) is 0 Å². The lowest BCUT2D eigenvalue weighted by molar-refractivity contribution is -0.262. The van der Waals surface area contributed by atoms with Crippen LogP contribution in [0.5, 0.6) is 0 Å². The standard InChI is InChI=1S/C26H32O8/c1-16(15-20-23(29)33-26(34-24(20)30)14-7-5-11-18(26)3)9-8-12-19-21(27)31-25(32-22(19)28)13-6-4-10-17(25)2/h9,12,15,17-18H,4-8,10-11,13-14H2,1-3H3. The molecule has 2 saturated heterocycles. The summed E-state index contributed by atoms with van der Waals surface area (Å²) in [4.78, 5) is 50.2. The van der Waals surface area contributed by atoms with Crippen LogP contribution in [-0.4, -0.2) is 35.5 Å². The number of ether oxygens (including phenoxy) is 4. The van der Waals surface area contributed by atoms with Crippen LogP contribution in [0.2, 0.25) is 0 Å². The number of carbonyl (C=O) groups is 4. The van der Waals surface area contributed by atoms with Crippen LogP contribution in [0.3, 0.4) is 0 Å². The lowest BCUT2D eigenvalue weighted by atomic mass is 9.84. The van der Waals surface area contributed by atoms with Gasteiger partial charge in [-0.1, -0.05) is 44.4 Å². The summed E-state index contributed by atoms with van der Waals surface area (Å²) in [6.07, 6.45) is 11.1. The average Bonchev–Trinajstić information content (AvgIpc) is 2.77. The molecule has 2 spiro atoms. The third-order valence-corrected chi connectivity index (χ3v) is 7.40. The molecule has 2 aliphatic heterocycles. The number of allylic oxidation sites excluding steroid dienone is 4. The summed E-state index contributed by atoms with van der Waals surface area (Å²) < 4.78 is 22.3. The minimum atomic E-state index is -1.17. The van der Waals surface area contributed by atoms with Crippen molar-refractivity contribution in [2.45, 2.75) is 90.1 Å². The largest absolute Gasteiger partial charge is 0.418 e. The molecular formula is C26H32O8. The highest BCUT2D eigenvalue weighted by Gasteiger charge is 2.52. The lowest BCUT2D eigenvalue weighted by Crippen LogP contribution is -2.52. The summed E-state index contributed by atoms with van der Waals surface area (Å²) in [6.45, 7) is 5.55. The third kappa shape index (κ3) is 4.55. The van der Waals surface area contributed by atoms with Crippen LogP contribution in [0.25, 0.3) is 0 Å². The molecule has 0 aromatic heterocycles. The van der Waals surface area contributed by atoms with Gasteiger partial charge in [-0.05, 0) is 45.1 Å². The first kappa shape index (κ1) is 24.2. The predicted octanol–water partition coefficient (Wildman–Crippen LogP) is 4.19. The predicted molar refractivity (Wildman–Crippen MR) is 120 cm³/mol. The maximum Gasteiger partial charge on any atom is 0.348 e. The molecule has 8 nitrogen and oxygen atoms in total. The highest BCUT2D eigenvalue weighted by Crippen LogP contribution is 2.42. The van der Waals surface area contributed by atoms with Gasteiger partial charge < -0.3 is 18.9 Å². The average molecular weight is 473 g/mol. The van der Waals surface area contributed by atoms with Gasteiger partial charge in [0.2, 0.25) is 0 Å². The zero-order chi connectivity index (χ0) is 24.5. The molecule has 0 amide bonds. The summed E-state index contributed by atoms with van der Waals surface area (Å²) in [5, 5.41) is 0. The van der Waals surface area contributed by atoms with Crippen LogP contribution in [-0.2, 0) is 38.1 Å². The Morgan fingerprint density at radius 3 is 1.65 bits per heavy atom. The Kier molecular flexibility index (Phi) is 6.69. The van der Waals surface area contributed by atoms with Gasteiger partial charge in [0.05, 0.1) is 0 Å². The molecule has 0 N–H and O–H groups in total. The topological polar surface area (TPSA) is 105 Å². The van der Waals surface area contributed by atoms with E-state index >= 15 is 0 Å². The maximum absolute atomic E-state index is 12.6. The monoisotopic (exact) mass is 472 g/mol. The SMILES string of the molecule is CC(=CCC=C1C(=O)OC2(CCCCC2C)OC1=O)C=C1C(=O)OC2(CCCCC2C)OC1=O. The molecule has 2 heterocycles. The number of esters is 4. The van der Waals surface area contributed by atoms with Crippen LogP contribution in [0.4, 0.5) is 0 Å². The van der Waals surface area contributed by atoms with Gasteiger partial charge in [-0.2, -0.15) is 0 Å². The lowest BCUT2D eigenvalue weighted by Gasteiger charge is -2.43.